The molecule has 0 fully saturated rings. The molecule has 2 rings (SSSR count). The quantitative estimate of drug-likeness (QED) is 0.627. The van der Waals surface area contributed by atoms with Gasteiger partial charge in [-0.3, -0.25) is 4.79 Å². The van der Waals surface area contributed by atoms with Gasteiger partial charge < -0.3 is 20.9 Å². The van der Waals surface area contributed by atoms with Crippen LogP contribution in [-0.4, -0.2) is 36.8 Å². The van der Waals surface area contributed by atoms with Crippen LogP contribution in [0.3, 0.4) is 0 Å². The molecule has 0 aromatic heterocycles. The van der Waals surface area contributed by atoms with E-state index < -0.39 is 12.0 Å². The molecule has 0 saturated heterocycles. The second kappa shape index (κ2) is 5.84. The Morgan fingerprint density at radius 1 is 1.56 bits per heavy atom. The lowest BCUT2D eigenvalue weighted by Gasteiger charge is -2.08. The molecule has 0 bridgehead atoms. The molecule has 18 heavy (non-hydrogen) atoms. The number of carboxylic acid groups (broad SMARTS) is 1. The van der Waals surface area contributed by atoms with Crippen LogP contribution in [-0.2, 0) is 17.6 Å². The van der Waals surface area contributed by atoms with Gasteiger partial charge >= 0.3 is 5.97 Å². The number of carboxylic acids is 1. The van der Waals surface area contributed by atoms with Gasteiger partial charge in [-0.05, 0) is 30.2 Å². The highest BCUT2D eigenvalue weighted by molar-refractivity contribution is 5.73. The van der Waals surface area contributed by atoms with Crippen LogP contribution in [0.15, 0.2) is 18.2 Å². The van der Waals surface area contributed by atoms with E-state index in [1.165, 1.54) is 11.1 Å². The summed E-state index contributed by atoms with van der Waals surface area (Å²) in [6, 6.07) is 5.36. The monoisotopic (exact) mass is 250 g/mol. The molecule has 0 radical (unpaired) electrons. The number of benzene rings is 1. The van der Waals surface area contributed by atoms with Crippen LogP contribution in [0.5, 0.6) is 5.75 Å². The highest BCUT2D eigenvalue weighted by Gasteiger charge is 2.12. The maximum absolute atomic E-state index is 10.5. The molecule has 4 N–H and O–H groups in total. The van der Waals surface area contributed by atoms with Crippen molar-refractivity contribution in [1.29, 1.82) is 0 Å². The van der Waals surface area contributed by atoms with Gasteiger partial charge in [0.2, 0.25) is 0 Å². The SMILES string of the molecule is NC(CNCCc1ccc2c(c1)CCO2)C(=O)O. The average Bonchev–Trinajstić information content (AvgIpc) is 2.81. The minimum atomic E-state index is -0.975. The minimum Gasteiger partial charge on any atom is -0.493 e. The first-order valence-electron chi connectivity index (χ1n) is 6.10. The van der Waals surface area contributed by atoms with Gasteiger partial charge in [0.1, 0.15) is 11.8 Å². The van der Waals surface area contributed by atoms with Crippen LogP contribution >= 0.6 is 0 Å². The number of nitrogens with two attached hydrogens (primary N) is 1. The molecule has 98 valence electrons. The fourth-order valence-electron chi connectivity index (χ4n) is 1.97. The Kier molecular flexibility index (Phi) is 4.17. The summed E-state index contributed by atoms with van der Waals surface area (Å²) < 4.78 is 5.44. The summed E-state index contributed by atoms with van der Waals surface area (Å²) in [6.07, 6.45) is 1.83. The number of carbonyl (C=O) groups is 1. The predicted molar refractivity (Wildman–Crippen MR) is 67.8 cm³/mol. The minimum absolute atomic E-state index is 0.295. The number of rotatable bonds is 6. The van der Waals surface area contributed by atoms with Gasteiger partial charge in [0.25, 0.3) is 0 Å². The summed E-state index contributed by atoms with van der Waals surface area (Å²) in [6.45, 7) is 1.79. The molecule has 1 atom stereocenters. The number of ether oxygens (including phenoxy) is 1. The van der Waals surface area contributed by atoms with Crippen molar-refractivity contribution in [2.24, 2.45) is 5.73 Å². The first-order chi connectivity index (χ1) is 8.66. The van der Waals surface area contributed by atoms with E-state index >= 15 is 0 Å². The van der Waals surface area contributed by atoms with E-state index in [0.29, 0.717) is 6.54 Å². The molecule has 0 aliphatic carbocycles. The molecular weight excluding hydrogens is 232 g/mol. The predicted octanol–water partition coefficient (Wildman–Crippen LogP) is 0.165. The molecule has 1 aromatic rings. The number of fused-ring (bicyclic) bond motifs is 1. The van der Waals surface area contributed by atoms with E-state index in [-0.39, 0.29) is 0 Å². The van der Waals surface area contributed by atoms with Crippen molar-refractivity contribution < 1.29 is 14.6 Å². The van der Waals surface area contributed by atoms with E-state index in [9.17, 15) is 4.79 Å². The molecule has 1 aliphatic rings. The van der Waals surface area contributed by atoms with Crippen molar-refractivity contribution in [3.8, 4) is 5.75 Å². The van der Waals surface area contributed by atoms with Gasteiger partial charge in [0, 0.05) is 13.0 Å². The van der Waals surface area contributed by atoms with Crippen molar-refractivity contribution in [3.63, 3.8) is 0 Å². The Morgan fingerprint density at radius 2 is 2.39 bits per heavy atom. The third-order valence-electron chi connectivity index (χ3n) is 3.03. The number of aliphatic carboxylic acids is 1. The number of hydrogen-bond donors (Lipinski definition) is 3. The zero-order valence-electron chi connectivity index (χ0n) is 10.2. The zero-order chi connectivity index (χ0) is 13.0. The zero-order valence-corrected chi connectivity index (χ0v) is 10.2. The third kappa shape index (κ3) is 3.21. The molecule has 0 saturated carbocycles. The fourth-order valence-corrected chi connectivity index (χ4v) is 1.97. The largest absolute Gasteiger partial charge is 0.493 e. The molecule has 5 heteroatoms. The van der Waals surface area contributed by atoms with Crippen molar-refractivity contribution in [3.05, 3.63) is 29.3 Å². The molecule has 1 aliphatic heterocycles. The normalized spacial score (nSPS) is 14.9. The van der Waals surface area contributed by atoms with Crippen molar-refractivity contribution in [1.82, 2.24) is 5.32 Å². The molecule has 1 heterocycles. The lowest BCUT2D eigenvalue weighted by Crippen LogP contribution is -2.40. The highest BCUT2D eigenvalue weighted by Crippen LogP contribution is 2.25. The first-order valence-corrected chi connectivity index (χ1v) is 6.10. The maximum Gasteiger partial charge on any atom is 0.321 e. The van der Waals surface area contributed by atoms with Crippen molar-refractivity contribution in [2.75, 3.05) is 19.7 Å². The Labute approximate surface area is 106 Å². The average molecular weight is 250 g/mol. The van der Waals surface area contributed by atoms with E-state index in [2.05, 4.69) is 11.4 Å². The maximum atomic E-state index is 10.5. The summed E-state index contributed by atoms with van der Waals surface area (Å²) in [4.78, 5) is 10.5. The van der Waals surface area contributed by atoms with E-state index in [4.69, 9.17) is 15.6 Å². The fraction of sp³-hybridized carbons (Fsp3) is 0.462. The standard InChI is InChI=1S/C13H18N2O3/c14-11(13(16)17)8-15-5-3-9-1-2-12-10(7-9)4-6-18-12/h1-2,7,11,15H,3-6,8,14H2,(H,16,17). The van der Waals surface area contributed by atoms with Gasteiger partial charge in [-0.1, -0.05) is 12.1 Å². The van der Waals surface area contributed by atoms with Crippen LogP contribution < -0.4 is 15.8 Å². The Bertz CT molecular complexity index is 434. The molecule has 0 spiro atoms. The number of hydrogen-bond acceptors (Lipinski definition) is 4. The van der Waals surface area contributed by atoms with Crippen LogP contribution in [0.4, 0.5) is 0 Å². The second-order valence-corrected chi connectivity index (χ2v) is 4.44. The smallest absolute Gasteiger partial charge is 0.321 e. The summed E-state index contributed by atoms with van der Waals surface area (Å²) >= 11 is 0. The first kappa shape index (κ1) is 12.9. The lowest BCUT2D eigenvalue weighted by atomic mass is 10.1. The highest BCUT2D eigenvalue weighted by atomic mass is 16.5. The van der Waals surface area contributed by atoms with Gasteiger partial charge in [-0.15, -0.1) is 0 Å². The molecule has 5 nitrogen and oxygen atoms in total. The van der Waals surface area contributed by atoms with E-state index in [0.717, 1.165) is 31.7 Å². The summed E-state index contributed by atoms with van der Waals surface area (Å²) in [5.74, 6) is 0.0109. The Morgan fingerprint density at radius 3 is 3.17 bits per heavy atom. The number of nitrogens with one attached hydrogen (secondary N) is 1. The van der Waals surface area contributed by atoms with E-state index in [1.54, 1.807) is 0 Å². The Hall–Kier alpha value is -1.59. The van der Waals surface area contributed by atoms with Crippen molar-refractivity contribution in [2.45, 2.75) is 18.9 Å². The second-order valence-electron chi connectivity index (χ2n) is 4.44. The summed E-state index contributed by atoms with van der Waals surface area (Å²) in [5.41, 5.74) is 7.88. The summed E-state index contributed by atoms with van der Waals surface area (Å²) in [5, 5.41) is 11.7. The van der Waals surface area contributed by atoms with Gasteiger partial charge in [-0.2, -0.15) is 0 Å². The topological polar surface area (TPSA) is 84.6 Å². The van der Waals surface area contributed by atoms with Gasteiger partial charge in [0.05, 0.1) is 6.61 Å². The van der Waals surface area contributed by atoms with Crippen LogP contribution in [0.1, 0.15) is 11.1 Å². The molecule has 0 amide bonds. The van der Waals surface area contributed by atoms with Gasteiger partial charge in [0.15, 0.2) is 0 Å². The lowest BCUT2D eigenvalue weighted by molar-refractivity contribution is -0.138. The summed E-state index contributed by atoms with van der Waals surface area (Å²) in [7, 11) is 0. The molecular formula is C13H18N2O3. The van der Waals surface area contributed by atoms with Crippen molar-refractivity contribution >= 4 is 5.97 Å². The van der Waals surface area contributed by atoms with Crippen LogP contribution in [0, 0.1) is 0 Å². The Balaban J connectivity index is 1.75. The molecule has 1 aromatic carbocycles. The third-order valence-corrected chi connectivity index (χ3v) is 3.03. The van der Waals surface area contributed by atoms with Crippen LogP contribution in [0.2, 0.25) is 0 Å². The van der Waals surface area contributed by atoms with E-state index in [1.807, 2.05) is 12.1 Å². The van der Waals surface area contributed by atoms with Gasteiger partial charge in [-0.25, -0.2) is 0 Å². The van der Waals surface area contributed by atoms with Crippen LogP contribution in [0.25, 0.3) is 0 Å². The molecule has 1 unspecified atom stereocenters.